The molecule has 2 unspecified atom stereocenters. The molecule has 1 N–H and O–H groups in total. The second-order valence-electron chi connectivity index (χ2n) is 4.72. The molecule has 0 rings (SSSR count). The number of aliphatic hydroxyl groups is 1. The van der Waals surface area contributed by atoms with E-state index < -0.39 is 23.8 Å². The highest BCUT2D eigenvalue weighted by Gasteiger charge is 2.40. The van der Waals surface area contributed by atoms with Gasteiger partial charge in [-0.1, -0.05) is 34.3 Å². The van der Waals surface area contributed by atoms with Crippen molar-refractivity contribution < 1.29 is 19.4 Å². The van der Waals surface area contributed by atoms with Crippen LogP contribution in [-0.4, -0.2) is 30.6 Å². The zero-order valence-corrected chi connectivity index (χ0v) is 10.7. The monoisotopic (exact) mass is 230 g/mol. The molecule has 0 spiro atoms. The number of esters is 1. The van der Waals surface area contributed by atoms with E-state index in [4.69, 9.17) is 9.47 Å². The van der Waals surface area contributed by atoms with Crippen molar-refractivity contribution in [2.45, 2.75) is 40.1 Å². The average molecular weight is 230 g/mol. The molecule has 0 aliphatic carbocycles. The first kappa shape index (κ1) is 15.1. The summed E-state index contributed by atoms with van der Waals surface area (Å²) in [6.07, 6.45) is -0.352. The number of hydrogen-bond acceptors (Lipinski definition) is 4. The number of carbonyl (C=O) groups is 1. The second-order valence-corrected chi connectivity index (χ2v) is 4.72. The molecule has 0 aromatic carbocycles. The third-order valence-corrected chi connectivity index (χ3v) is 2.61. The minimum Gasteiger partial charge on any atom is -0.432 e. The fourth-order valence-corrected chi connectivity index (χ4v) is 1.66. The van der Waals surface area contributed by atoms with Gasteiger partial charge in [0.05, 0.1) is 11.5 Å². The summed E-state index contributed by atoms with van der Waals surface area (Å²) in [5.74, 6) is -0.508. The third-order valence-electron chi connectivity index (χ3n) is 2.61. The normalized spacial score (nSPS) is 15.7. The summed E-state index contributed by atoms with van der Waals surface area (Å²) in [7, 11) is 1.44. The molecule has 0 saturated heterocycles. The van der Waals surface area contributed by atoms with Gasteiger partial charge >= 0.3 is 5.97 Å². The van der Waals surface area contributed by atoms with E-state index in [0.717, 1.165) is 6.08 Å². The molecule has 4 nitrogen and oxygen atoms in total. The highest BCUT2D eigenvalue weighted by molar-refractivity contribution is 5.81. The van der Waals surface area contributed by atoms with Gasteiger partial charge in [-0.25, -0.2) is 4.79 Å². The van der Waals surface area contributed by atoms with Gasteiger partial charge in [0.2, 0.25) is 6.29 Å². The van der Waals surface area contributed by atoms with Crippen LogP contribution >= 0.6 is 0 Å². The third kappa shape index (κ3) is 3.61. The summed E-state index contributed by atoms with van der Waals surface area (Å²) < 4.78 is 10.2. The van der Waals surface area contributed by atoms with E-state index in [9.17, 15) is 9.90 Å². The molecule has 0 aromatic heterocycles. The highest BCUT2D eigenvalue weighted by atomic mass is 16.7. The SMILES string of the molecule is C=CC(=O)OC(OC)C(C)(C)C(O)C(C)C. The second kappa shape index (κ2) is 6.01. The number of carbonyl (C=O) groups excluding carboxylic acids is 1. The van der Waals surface area contributed by atoms with Crippen LogP contribution in [0.5, 0.6) is 0 Å². The van der Waals surface area contributed by atoms with E-state index in [1.807, 2.05) is 13.8 Å². The molecule has 0 aromatic rings. The Balaban J connectivity index is 4.78. The van der Waals surface area contributed by atoms with Crippen LogP contribution in [0, 0.1) is 11.3 Å². The lowest BCUT2D eigenvalue weighted by Crippen LogP contribution is -2.46. The van der Waals surface area contributed by atoms with Gasteiger partial charge in [-0.05, 0) is 5.92 Å². The van der Waals surface area contributed by atoms with Crippen LogP contribution in [0.2, 0.25) is 0 Å². The van der Waals surface area contributed by atoms with Crippen molar-refractivity contribution in [2.75, 3.05) is 7.11 Å². The molecule has 94 valence electrons. The molecule has 0 saturated carbocycles. The Morgan fingerprint density at radius 3 is 2.25 bits per heavy atom. The molecule has 0 heterocycles. The summed E-state index contributed by atoms with van der Waals surface area (Å²) in [6.45, 7) is 10.7. The van der Waals surface area contributed by atoms with Crippen LogP contribution in [0.15, 0.2) is 12.7 Å². The first-order valence-electron chi connectivity index (χ1n) is 5.31. The standard InChI is InChI=1S/C12H22O4/c1-7-9(13)16-11(15-6)12(4,5)10(14)8(2)3/h7-8,10-11,14H,1H2,2-6H3. The van der Waals surface area contributed by atoms with Crippen molar-refractivity contribution in [2.24, 2.45) is 11.3 Å². The van der Waals surface area contributed by atoms with Crippen LogP contribution < -0.4 is 0 Å². The Hall–Kier alpha value is -0.870. The van der Waals surface area contributed by atoms with Crippen LogP contribution in [0.4, 0.5) is 0 Å². The van der Waals surface area contributed by atoms with Gasteiger partial charge in [-0.15, -0.1) is 0 Å². The van der Waals surface area contributed by atoms with Crippen molar-refractivity contribution in [3.05, 3.63) is 12.7 Å². The van der Waals surface area contributed by atoms with Gasteiger partial charge < -0.3 is 14.6 Å². The Morgan fingerprint density at radius 1 is 1.44 bits per heavy atom. The zero-order valence-electron chi connectivity index (χ0n) is 10.7. The maximum absolute atomic E-state index is 11.1. The maximum Gasteiger partial charge on any atom is 0.332 e. The van der Waals surface area contributed by atoms with E-state index in [1.165, 1.54) is 7.11 Å². The Kier molecular flexibility index (Phi) is 5.68. The lowest BCUT2D eigenvalue weighted by molar-refractivity contribution is -0.213. The molecule has 4 heteroatoms. The van der Waals surface area contributed by atoms with Crippen LogP contribution in [0.1, 0.15) is 27.7 Å². The van der Waals surface area contributed by atoms with Crippen LogP contribution in [0.3, 0.4) is 0 Å². The largest absolute Gasteiger partial charge is 0.432 e. The smallest absolute Gasteiger partial charge is 0.332 e. The molecular formula is C12H22O4. The van der Waals surface area contributed by atoms with E-state index in [0.29, 0.717) is 0 Å². The summed E-state index contributed by atoms with van der Waals surface area (Å²) in [5.41, 5.74) is -0.679. The molecule has 0 amide bonds. The van der Waals surface area contributed by atoms with Crippen molar-refractivity contribution >= 4 is 5.97 Å². The summed E-state index contributed by atoms with van der Waals surface area (Å²) >= 11 is 0. The molecule has 2 atom stereocenters. The van der Waals surface area contributed by atoms with Crippen molar-refractivity contribution in [1.82, 2.24) is 0 Å². The Labute approximate surface area is 97.2 Å². The van der Waals surface area contributed by atoms with E-state index in [1.54, 1.807) is 13.8 Å². The Bertz CT molecular complexity index is 245. The highest BCUT2D eigenvalue weighted by Crippen LogP contribution is 2.32. The van der Waals surface area contributed by atoms with Gasteiger partial charge in [-0.2, -0.15) is 0 Å². The van der Waals surface area contributed by atoms with Gasteiger partial charge in [0.1, 0.15) is 0 Å². The van der Waals surface area contributed by atoms with Gasteiger partial charge in [0, 0.05) is 13.2 Å². The lowest BCUT2D eigenvalue weighted by atomic mass is 9.80. The first-order valence-corrected chi connectivity index (χ1v) is 5.31. The number of methoxy groups -OCH3 is 1. The van der Waals surface area contributed by atoms with Crippen molar-refractivity contribution in [1.29, 1.82) is 0 Å². The minimum absolute atomic E-state index is 0.0510. The van der Waals surface area contributed by atoms with Crippen molar-refractivity contribution in [3.63, 3.8) is 0 Å². The number of ether oxygens (including phenoxy) is 2. The maximum atomic E-state index is 11.1. The predicted octanol–water partition coefficient (Wildman–Crippen LogP) is 1.73. The van der Waals surface area contributed by atoms with E-state index in [2.05, 4.69) is 6.58 Å². The quantitative estimate of drug-likeness (QED) is 0.429. The number of rotatable bonds is 6. The predicted molar refractivity (Wildman–Crippen MR) is 61.7 cm³/mol. The molecule has 0 radical (unpaired) electrons. The first-order chi connectivity index (χ1) is 7.27. The average Bonchev–Trinajstić information content (AvgIpc) is 2.23. The molecular weight excluding hydrogens is 208 g/mol. The van der Waals surface area contributed by atoms with Crippen LogP contribution in [-0.2, 0) is 14.3 Å². The summed E-state index contributed by atoms with van der Waals surface area (Å²) in [6, 6.07) is 0. The van der Waals surface area contributed by atoms with E-state index >= 15 is 0 Å². The van der Waals surface area contributed by atoms with Gasteiger partial charge in [0.25, 0.3) is 0 Å². The fourth-order valence-electron chi connectivity index (χ4n) is 1.66. The minimum atomic E-state index is -0.796. The summed E-state index contributed by atoms with van der Waals surface area (Å²) in [5, 5.41) is 10.0. The molecule has 16 heavy (non-hydrogen) atoms. The summed E-state index contributed by atoms with van der Waals surface area (Å²) in [4.78, 5) is 11.1. The van der Waals surface area contributed by atoms with Gasteiger partial charge in [-0.3, -0.25) is 0 Å². The topological polar surface area (TPSA) is 55.8 Å². The number of aliphatic hydroxyl groups excluding tert-OH is 1. The molecule has 0 aliphatic heterocycles. The Morgan fingerprint density at radius 2 is 1.94 bits per heavy atom. The van der Waals surface area contributed by atoms with E-state index in [-0.39, 0.29) is 5.92 Å². The van der Waals surface area contributed by atoms with Gasteiger partial charge in [0.15, 0.2) is 0 Å². The van der Waals surface area contributed by atoms with Crippen LogP contribution in [0.25, 0.3) is 0 Å². The fraction of sp³-hybridized carbons (Fsp3) is 0.750. The lowest BCUT2D eigenvalue weighted by Gasteiger charge is -2.38. The number of hydrogen-bond donors (Lipinski definition) is 1. The molecule has 0 fully saturated rings. The zero-order chi connectivity index (χ0) is 12.9. The van der Waals surface area contributed by atoms with Crippen molar-refractivity contribution in [3.8, 4) is 0 Å². The molecule has 0 aliphatic rings. The molecule has 0 bridgehead atoms.